The van der Waals surface area contributed by atoms with Gasteiger partial charge in [-0.05, 0) is 18.8 Å². The van der Waals surface area contributed by atoms with E-state index in [4.69, 9.17) is 15.9 Å². The molecule has 29 heavy (non-hydrogen) atoms. The molecule has 5 atom stereocenters. The normalized spacial score (nSPS) is 16.1. The minimum absolute atomic E-state index is 0.168. The van der Waals surface area contributed by atoms with Crippen LogP contribution in [0.1, 0.15) is 47.5 Å². The van der Waals surface area contributed by atoms with Crippen molar-refractivity contribution >= 4 is 29.7 Å². The average Bonchev–Trinajstić information content (AvgIpc) is 2.62. The molecule has 0 aromatic carbocycles. The Kier molecular flexibility index (Phi) is 10.9. The van der Waals surface area contributed by atoms with Gasteiger partial charge in [-0.2, -0.15) is 0 Å². The van der Waals surface area contributed by atoms with E-state index in [1.807, 2.05) is 0 Å². The van der Waals surface area contributed by atoms with Gasteiger partial charge >= 0.3 is 11.9 Å². The zero-order chi connectivity index (χ0) is 22.9. The number of amides is 3. The summed E-state index contributed by atoms with van der Waals surface area (Å²) < 4.78 is 0. The lowest BCUT2D eigenvalue weighted by atomic mass is 9.96. The summed E-state index contributed by atoms with van der Waals surface area (Å²) >= 11 is 0. The summed E-state index contributed by atoms with van der Waals surface area (Å²) in [4.78, 5) is 59.2. The summed E-state index contributed by atoms with van der Waals surface area (Å²) in [6, 6.07) is -4.67. The van der Waals surface area contributed by atoms with Crippen molar-refractivity contribution in [3.05, 3.63) is 0 Å². The van der Waals surface area contributed by atoms with E-state index in [-0.39, 0.29) is 11.8 Å². The van der Waals surface area contributed by atoms with Crippen molar-refractivity contribution < 1.29 is 34.2 Å². The van der Waals surface area contributed by atoms with Gasteiger partial charge in [0, 0.05) is 0 Å². The van der Waals surface area contributed by atoms with Gasteiger partial charge in [-0.3, -0.25) is 24.0 Å². The Morgan fingerprint density at radius 3 is 1.83 bits per heavy atom. The van der Waals surface area contributed by atoms with Gasteiger partial charge in [0.25, 0.3) is 0 Å². The fourth-order valence-corrected chi connectivity index (χ4v) is 2.28. The van der Waals surface area contributed by atoms with E-state index in [1.54, 1.807) is 27.7 Å². The van der Waals surface area contributed by atoms with E-state index < -0.39 is 60.2 Å². The molecule has 5 unspecified atom stereocenters. The van der Waals surface area contributed by atoms with Crippen molar-refractivity contribution in [2.75, 3.05) is 0 Å². The fraction of sp³-hybridized carbons (Fsp3) is 0.722. The molecule has 0 saturated heterocycles. The largest absolute Gasteiger partial charge is 0.481 e. The van der Waals surface area contributed by atoms with Gasteiger partial charge in [-0.25, -0.2) is 0 Å². The number of carboxylic acids is 2. The maximum Gasteiger partial charge on any atom is 0.325 e. The lowest BCUT2D eigenvalue weighted by Gasteiger charge is -2.28. The second-order valence-electron chi connectivity index (χ2n) is 7.37. The summed E-state index contributed by atoms with van der Waals surface area (Å²) in [7, 11) is 0. The van der Waals surface area contributed by atoms with Crippen LogP contribution in [0.25, 0.3) is 0 Å². The first kappa shape index (κ1) is 26.3. The van der Waals surface area contributed by atoms with Crippen LogP contribution in [0.3, 0.4) is 0 Å². The van der Waals surface area contributed by atoms with E-state index in [0.717, 1.165) is 0 Å². The van der Waals surface area contributed by atoms with Crippen molar-refractivity contribution in [1.82, 2.24) is 16.0 Å². The third-order valence-electron chi connectivity index (χ3n) is 4.56. The predicted octanol–water partition coefficient (Wildman–Crippen LogP) is -0.951. The van der Waals surface area contributed by atoms with Crippen molar-refractivity contribution in [3.8, 4) is 0 Å². The molecule has 0 bridgehead atoms. The Labute approximate surface area is 169 Å². The zero-order valence-corrected chi connectivity index (χ0v) is 17.4. The smallest absolute Gasteiger partial charge is 0.325 e. The number of aliphatic carboxylic acids is 2. The van der Waals surface area contributed by atoms with Gasteiger partial charge in [0.1, 0.15) is 18.1 Å². The average molecular weight is 416 g/mol. The molecule has 0 radical (unpaired) electrons. The second kappa shape index (κ2) is 12.0. The molecule has 11 nitrogen and oxygen atoms in total. The molecule has 3 amide bonds. The Morgan fingerprint density at radius 2 is 1.41 bits per heavy atom. The molecule has 0 spiro atoms. The molecule has 0 aliphatic heterocycles. The van der Waals surface area contributed by atoms with Gasteiger partial charge in [0.15, 0.2) is 0 Å². The number of carbonyl (C=O) groups excluding carboxylic acids is 3. The monoisotopic (exact) mass is 416 g/mol. The third kappa shape index (κ3) is 8.90. The van der Waals surface area contributed by atoms with Crippen molar-refractivity contribution in [2.24, 2.45) is 17.6 Å². The molecule has 166 valence electrons. The molecule has 0 aliphatic rings. The molecule has 0 heterocycles. The highest BCUT2D eigenvalue weighted by molar-refractivity contribution is 5.95. The van der Waals surface area contributed by atoms with Gasteiger partial charge < -0.3 is 31.9 Å². The Hall–Kier alpha value is -2.69. The number of hydrogen-bond acceptors (Lipinski definition) is 6. The number of carboxylic acid groups (broad SMARTS) is 2. The first-order chi connectivity index (χ1) is 13.3. The highest BCUT2D eigenvalue weighted by atomic mass is 16.4. The lowest BCUT2D eigenvalue weighted by Crippen LogP contribution is -2.59. The highest BCUT2D eigenvalue weighted by Gasteiger charge is 2.33. The van der Waals surface area contributed by atoms with Crippen molar-refractivity contribution in [2.45, 2.75) is 71.6 Å². The lowest BCUT2D eigenvalue weighted by molar-refractivity contribution is -0.143. The fourth-order valence-electron chi connectivity index (χ4n) is 2.28. The Balaban J connectivity index is 5.45. The number of hydrogen-bond donors (Lipinski definition) is 6. The molecule has 0 saturated carbocycles. The summed E-state index contributed by atoms with van der Waals surface area (Å²) in [5, 5.41) is 24.9. The van der Waals surface area contributed by atoms with Crippen LogP contribution in [0.5, 0.6) is 0 Å². The van der Waals surface area contributed by atoms with Gasteiger partial charge in [0.2, 0.25) is 17.7 Å². The molecule has 7 N–H and O–H groups in total. The Morgan fingerprint density at radius 1 is 0.862 bits per heavy atom. The van der Waals surface area contributed by atoms with Crippen LogP contribution in [-0.4, -0.2) is 64.0 Å². The predicted molar refractivity (Wildman–Crippen MR) is 104 cm³/mol. The maximum atomic E-state index is 12.7. The van der Waals surface area contributed by atoms with E-state index in [1.165, 1.54) is 6.92 Å². The molecule has 0 aromatic rings. The quantitative estimate of drug-likeness (QED) is 0.235. The first-order valence-corrected chi connectivity index (χ1v) is 9.43. The molecule has 0 aromatic heterocycles. The summed E-state index contributed by atoms with van der Waals surface area (Å²) in [5.41, 5.74) is 5.81. The summed E-state index contributed by atoms with van der Waals surface area (Å²) in [6.07, 6.45) is -0.238. The van der Waals surface area contributed by atoms with Crippen LogP contribution < -0.4 is 21.7 Å². The standard InChI is InChI=1S/C18H32N4O7/c1-6-9(4)14(22-16(26)13(19)8(2)3)17(27)21-11(7-12(23)24)15(25)20-10(5)18(28)29/h8-11,13-14H,6-7,19H2,1-5H3,(H,20,25)(H,21,27)(H,22,26)(H,23,24)(H,28,29). The SMILES string of the molecule is CCC(C)C(NC(=O)C(N)C(C)C)C(=O)NC(CC(=O)O)C(=O)NC(C)C(=O)O. The molecule has 0 rings (SSSR count). The summed E-state index contributed by atoms with van der Waals surface area (Å²) in [5.74, 6) is -5.43. The van der Waals surface area contributed by atoms with Crippen molar-refractivity contribution in [1.29, 1.82) is 0 Å². The molecule has 0 fully saturated rings. The van der Waals surface area contributed by atoms with Gasteiger partial charge in [0.05, 0.1) is 12.5 Å². The number of carbonyl (C=O) groups is 5. The second-order valence-corrected chi connectivity index (χ2v) is 7.37. The number of nitrogens with two attached hydrogens (primary N) is 1. The van der Waals surface area contributed by atoms with Crippen LogP contribution in [-0.2, 0) is 24.0 Å². The van der Waals surface area contributed by atoms with Crippen LogP contribution in [0.15, 0.2) is 0 Å². The van der Waals surface area contributed by atoms with Crippen LogP contribution in [0, 0.1) is 11.8 Å². The van der Waals surface area contributed by atoms with E-state index >= 15 is 0 Å². The van der Waals surface area contributed by atoms with Gasteiger partial charge in [-0.1, -0.05) is 34.1 Å². The number of rotatable bonds is 12. The maximum absolute atomic E-state index is 12.7. The van der Waals surface area contributed by atoms with Gasteiger partial charge in [-0.15, -0.1) is 0 Å². The van der Waals surface area contributed by atoms with E-state index in [9.17, 15) is 24.0 Å². The summed E-state index contributed by atoms with van der Waals surface area (Å²) in [6.45, 7) is 8.22. The minimum Gasteiger partial charge on any atom is -0.481 e. The number of nitrogens with one attached hydrogen (secondary N) is 3. The molecular formula is C18H32N4O7. The third-order valence-corrected chi connectivity index (χ3v) is 4.56. The molecule has 11 heteroatoms. The minimum atomic E-state index is -1.51. The van der Waals surface area contributed by atoms with Crippen LogP contribution >= 0.6 is 0 Å². The van der Waals surface area contributed by atoms with Crippen molar-refractivity contribution in [3.63, 3.8) is 0 Å². The highest BCUT2D eigenvalue weighted by Crippen LogP contribution is 2.10. The van der Waals surface area contributed by atoms with E-state index in [0.29, 0.717) is 6.42 Å². The van der Waals surface area contributed by atoms with E-state index in [2.05, 4.69) is 16.0 Å². The molecule has 0 aliphatic carbocycles. The van der Waals surface area contributed by atoms with Crippen LogP contribution in [0.4, 0.5) is 0 Å². The van der Waals surface area contributed by atoms with Crippen LogP contribution in [0.2, 0.25) is 0 Å². The molecular weight excluding hydrogens is 384 g/mol. The first-order valence-electron chi connectivity index (χ1n) is 9.43. The Bertz CT molecular complexity index is 623. The zero-order valence-electron chi connectivity index (χ0n) is 17.4. The topological polar surface area (TPSA) is 188 Å².